The molecule has 0 aliphatic heterocycles. The predicted octanol–water partition coefficient (Wildman–Crippen LogP) is 4.10. The molecule has 0 aliphatic carbocycles. The van der Waals surface area contributed by atoms with Crippen LogP contribution in [0.25, 0.3) is 0 Å². The lowest BCUT2D eigenvalue weighted by Gasteiger charge is -2.04. The Bertz CT molecular complexity index is 256. The number of carbonyl (C=O) groups excluding carboxylic acids is 1. The van der Waals surface area contributed by atoms with Crippen LogP contribution in [0.15, 0.2) is 0 Å². The second kappa shape index (κ2) is 12.6. The van der Waals surface area contributed by atoms with Gasteiger partial charge < -0.3 is 9.47 Å². The minimum absolute atomic E-state index is 0.0313. The Balaban J connectivity index is 3.66. The van der Waals surface area contributed by atoms with Gasteiger partial charge in [-0.05, 0) is 12.8 Å². The van der Waals surface area contributed by atoms with Crippen molar-refractivity contribution in [3.8, 4) is 0 Å². The summed E-state index contributed by atoms with van der Waals surface area (Å²) < 4.78 is 22.3. The van der Waals surface area contributed by atoms with Gasteiger partial charge in [-0.25, -0.2) is 4.79 Å². The Morgan fingerprint density at radius 1 is 1.05 bits per heavy atom. The maximum absolute atomic E-state index is 11.8. The molecule has 5 heteroatoms. The Labute approximate surface area is 118 Å². The molecule has 2 atom stereocenters. The van der Waals surface area contributed by atoms with Crippen molar-refractivity contribution in [2.75, 3.05) is 19.4 Å². The zero-order valence-electron chi connectivity index (χ0n) is 12.5. The van der Waals surface area contributed by atoms with E-state index in [0.717, 1.165) is 38.5 Å². The molecule has 0 N–H and O–H groups in total. The van der Waals surface area contributed by atoms with Crippen LogP contribution in [0.2, 0.25) is 0 Å². The maximum atomic E-state index is 11.8. The lowest BCUT2D eigenvalue weighted by molar-refractivity contribution is -0.140. The summed E-state index contributed by atoms with van der Waals surface area (Å²) in [5, 5.41) is 0. The first-order valence-electron chi connectivity index (χ1n) is 7.32. The number of carbonyl (C=O) groups is 1. The quantitative estimate of drug-likeness (QED) is 0.308. The van der Waals surface area contributed by atoms with Gasteiger partial charge in [-0.15, -0.1) is 0 Å². The molecule has 0 aliphatic rings. The van der Waals surface area contributed by atoms with Crippen LogP contribution in [0.1, 0.15) is 59.3 Å². The van der Waals surface area contributed by atoms with Gasteiger partial charge in [-0.3, -0.25) is 0 Å². The van der Waals surface area contributed by atoms with Crippen LogP contribution < -0.4 is 0 Å². The summed E-state index contributed by atoms with van der Waals surface area (Å²) in [5.74, 6) is -0.740. The molecule has 0 aromatic rings. The molecule has 112 valence electrons. The van der Waals surface area contributed by atoms with Gasteiger partial charge in [0.2, 0.25) is 6.16 Å². The molecule has 0 bridgehead atoms. The van der Waals surface area contributed by atoms with E-state index in [1.165, 1.54) is 0 Å². The SMILES string of the molecule is CCCCCOC(=O)C[P+](=O)C(C)OCCCCC. The van der Waals surface area contributed by atoms with Gasteiger partial charge in [-0.1, -0.05) is 44.1 Å². The number of rotatable bonds is 12. The Morgan fingerprint density at radius 2 is 1.63 bits per heavy atom. The highest BCUT2D eigenvalue weighted by atomic mass is 31.1. The summed E-state index contributed by atoms with van der Waals surface area (Å²) in [4.78, 5) is 11.4. The molecular weight excluding hydrogens is 263 g/mol. The summed E-state index contributed by atoms with van der Waals surface area (Å²) in [5.41, 5.74) is 0. The largest absolute Gasteiger partial charge is 0.463 e. The van der Waals surface area contributed by atoms with Crippen molar-refractivity contribution in [3.63, 3.8) is 0 Å². The van der Waals surface area contributed by atoms with Gasteiger partial charge in [-0.2, -0.15) is 0 Å². The van der Waals surface area contributed by atoms with E-state index in [4.69, 9.17) is 9.47 Å². The third-order valence-electron chi connectivity index (χ3n) is 2.81. The van der Waals surface area contributed by atoms with E-state index in [1.807, 2.05) is 0 Å². The van der Waals surface area contributed by atoms with Gasteiger partial charge in [0.05, 0.1) is 13.2 Å². The molecule has 0 spiro atoms. The van der Waals surface area contributed by atoms with Crippen molar-refractivity contribution in [2.45, 2.75) is 65.1 Å². The molecule has 0 saturated carbocycles. The van der Waals surface area contributed by atoms with E-state index in [0.29, 0.717) is 13.2 Å². The van der Waals surface area contributed by atoms with Gasteiger partial charge in [0.15, 0.2) is 0 Å². The average Bonchev–Trinajstić information content (AvgIpc) is 2.39. The fourth-order valence-corrected chi connectivity index (χ4v) is 2.40. The van der Waals surface area contributed by atoms with Crippen LogP contribution in [0, 0.1) is 0 Å². The molecule has 2 unspecified atom stereocenters. The van der Waals surface area contributed by atoms with Crippen molar-refractivity contribution >= 4 is 13.8 Å². The fourth-order valence-electron chi connectivity index (χ4n) is 1.53. The first kappa shape index (κ1) is 18.5. The molecule has 0 heterocycles. The lowest BCUT2D eigenvalue weighted by atomic mass is 10.3. The normalized spacial score (nSPS) is 13.1. The number of hydrogen-bond acceptors (Lipinski definition) is 4. The minimum Gasteiger partial charge on any atom is -0.463 e. The van der Waals surface area contributed by atoms with Crippen LogP contribution in [0.3, 0.4) is 0 Å². The first-order valence-corrected chi connectivity index (χ1v) is 8.84. The summed E-state index contributed by atoms with van der Waals surface area (Å²) >= 11 is 0. The van der Waals surface area contributed by atoms with E-state index >= 15 is 0 Å². The predicted molar refractivity (Wildman–Crippen MR) is 77.9 cm³/mol. The standard InChI is InChI=1S/C14H28O4P/c1-4-6-8-10-17-13(3)19(16)12-14(15)18-11-9-7-5-2/h13H,4-12H2,1-3H3/q+1. The van der Waals surface area contributed by atoms with Gasteiger partial charge in [0.1, 0.15) is 0 Å². The van der Waals surface area contributed by atoms with Crippen molar-refractivity contribution < 1.29 is 18.8 Å². The molecule has 0 aromatic heterocycles. The van der Waals surface area contributed by atoms with Crippen LogP contribution >= 0.6 is 7.80 Å². The fraction of sp³-hybridized carbons (Fsp3) is 0.929. The first-order chi connectivity index (χ1) is 9.11. The Hall–Kier alpha value is -0.470. The van der Waals surface area contributed by atoms with Crippen molar-refractivity contribution in [3.05, 3.63) is 0 Å². The second-order valence-corrected chi connectivity index (χ2v) is 6.56. The van der Waals surface area contributed by atoms with E-state index in [9.17, 15) is 9.36 Å². The van der Waals surface area contributed by atoms with Gasteiger partial charge in [0, 0.05) is 6.92 Å². The summed E-state index contributed by atoms with van der Waals surface area (Å²) in [6.45, 7) is 7.02. The molecule has 0 radical (unpaired) electrons. The summed E-state index contributed by atoms with van der Waals surface area (Å²) in [7, 11) is -1.67. The smallest absolute Gasteiger partial charge is 0.381 e. The van der Waals surface area contributed by atoms with Crippen LogP contribution in [-0.2, 0) is 18.8 Å². The Kier molecular flexibility index (Phi) is 12.2. The van der Waals surface area contributed by atoms with E-state index < -0.39 is 7.80 Å². The summed E-state index contributed by atoms with van der Waals surface area (Å²) in [6, 6.07) is 0. The monoisotopic (exact) mass is 291 g/mol. The van der Waals surface area contributed by atoms with E-state index in [1.54, 1.807) is 6.92 Å². The summed E-state index contributed by atoms with van der Waals surface area (Å²) in [6.07, 6.45) is 6.21. The highest BCUT2D eigenvalue weighted by Crippen LogP contribution is 2.28. The number of unbranched alkanes of at least 4 members (excludes halogenated alkanes) is 4. The highest BCUT2D eigenvalue weighted by molar-refractivity contribution is 7.46. The topological polar surface area (TPSA) is 52.6 Å². The second-order valence-electron chi connectivity index (χ2n) is 4.68. The van der Waals surface area contributed by atoms with Crippen molar-refractivity contribution in [1.29, 1.82) is 0 Å². The zero-order valence-corrected chi connectivity index (χ0v) is 13.4. The van der Waals surface area contributed by atoms with Gasteiger partial charge in [0.25, 0.3) is 5.85 Å². The third-order valence-corrected chi connectivity index (χ3v) is 4.34. The van der Waals surface area contributed by atoms with Crippen LogP contribution in [0.4, 0.5) is 0 Å². The van der Waals surface area contributed by atoms with Crippen molar-refractivity contribution in [2.24, 2.45) is 0 Å². The molecule has 4 nitrogen and oxygen atoms in total. The number of ether oxygens (including phenoxy) is 2. The zero-order chi connectivity index (χ0) is 14.5. The highest BCUT2D eigenvalue weighted by Gasteiger charge is 2.30. The van der Waals surface area contributed by atoms with Crippen LogP contribution in [-0.4, -0.2) is 31.2 Å². The molecule has 0 amide bonds. The Morgan fingerprint density at radius 3 is 2.21 bits per heavy atom. The number of hydrogen-bond donors (Lipinski definition) is 0. The molecule has 19 heavy (non-hydrogen) atoms. The molecule has 0 saturated heterocycles. The van der Waals surface area contributed by atoms with Crippen LogP contribution in [0.5, 0.6) is 0 Å². The molecular formula is C14H28O4P+. The van der Waals surface area contributed by atoms with E-state index in [-0.39, 0.29) is 18.0 Å². The molecule has 0 fully saturated rings. The molecule has 0 rings (SSSR count). The number of esters is 1. The van der Waals surface area contributed by atoms with Gasteiger partial charge >= 0.3 is 13.8 Å². The van der Waals surface area contributed by atoms with Crippen molar-refractivity contribution in [1.82, 2.24) is 0 Å². The van der Waals surface area contributed by atoms with E-state index in [2.05, 4.69) is 13.8 Å². The average molecular weight is 291 g/mol. The molecule has 0 aromatic carbocycles. The maximum Gasteiger partial charge on any atom is 0.381 e. The lowest BCUT2D eigenvalue weighted by Crippen LogP contribution is -2.13. The third kappa shape index (κ3) is 11.1. The minimum atomic E-state index is -1.67.